The molecule has 9 nitrogen and oxygen atoms in total. The molecule has 0 radical (unpaired) electrons. The maximum absolute atomic E-state index is 13.5. The van der Waals surface area contributed by atoms with Crippen molar-refractivity contribution in [3.63, 3.8) is 0 Å². The summed E-state index contributed by atoms with van der Waals surface area (Å²) >= 11 is 0. The third-order valence-corrected chi connectivity index (χ3v) is 7.25. The highest BCUT2D eigenvalue weighted by Gasteiger charge is 2.53. The first-order valence-electron chi connectivity index (χ1n) is 12.7. The van der Waals surface area contributed by atoms with Crippen molar-refractivity contribution < 1.29 is 32.7 Å². The lowest BCUT2D eigenvalue weighted by molar-refractivity contribution is -0.192. The van der Waals surface area contributed by atoms with Crippen LogP contribution in [-0.2, 0) is 23.2 Å². The summed E-state index contributed by atoms with van der Waals surface area (Å²) < 4.78 is 33.6. The summed E-state index contributed by atoms with van der Waals surface area (Å²) in [4.78, 5) is 41.9. The monoisotopic (exact) mass is 551 g/mol. The van der Waals surface area contributed by atoms with Gasteiger partial charge in [0.1, 0.15) is 0 Å². The first-order valence-corrected chi connectivity index (χ1v) is 12.7. The Morgan fingerprint density at radius 1 is 1.13 bits per heavy atom. The number of carbonyl (C=O) groups is 3. The molecule has 4 rings (SSSR count). The van der Waals surface area contributed by atoms with Gasteiger partial charge in [0.2, 0.25) is 5.91 Å². The molecule has 0 aliphatic carbocycles. The Kier molecular flexibility index (Phi) is 9.09. The van der Waals surface area contributed by atoms with E-state index < -0.39 is 17.6 Å². The molecule has 2 atom stereocenters. The van der Waals surface area contributed by atoms with Gasteiger partial charge in [-0.3, -0.25) is 19.2 Å². The van der Waals surface area contributed by atoms with Crippen LogP contribution in [0.3, 0.4) is 0 Å². The number of rotatable bonds is 4. The van der Waals surface area contributed by atoms with E-state index in [0.29, 0.717) is 13.1 Å². The summed E-state index contributed by atoms with van der Waals surface area (Å²) in [5, 5.41) is 11.4. The SMILES string of the molecule is Cc1cc(C)cc(C(=O)N2CCC[C@]3(C(=O)N(C)C)CN(Cc4cnn(C)c4)C[C@@H]3C2)c1.O=C(O)C(F)(F)F. The molecule has 2 aliphatic heterocycles. The van der Waals surface area contributed by atoms with Gasteiger partial charge in [-0.25, -0.2) is 4.79 Å². The van der Waals surface area contributed by atoms with E-state index in [2.05, 4.69) is 16.1 Å². The zero-order valence-corrected chi connectivity index (χ0v) is 23.0. The molecule has 214 valence electrons. The Hall–Kier alpha value is -3.41. The van der Waals surface area contributed by atoms with Crippen molar-refractivity contribution in [1.29, 1.82) is 0 Å². The smallest absolute Gasteiger partial charge is 0.475 e. The molecule has 0 spiro atoms. The zero-order chi connectivity index (χ0) is 29.1. The molecular weight excluding hydrogens is 515 g/mol. The molecule has 1 N–H and O–H groups in total. The largest absolute Gasteiger partial charge is 0.490 e. The average Bonchev–Trinajstić information content (AvgIpc) is 3.34. The second-order valence-electron chi connectivity index (χ2n) is 10.8. The van der Waals surface area contributed by atoms with Crippen LogP contribution in [0.25, 0.3) is 0 Å². The summed E-state index contributed by atoms with van der Waals surface area (Å²) in [6.07, 6.45) is 0.497. The quantitative estimate of drug-likeness (QED) is 0.627. The van der Waals surface area contributed by atoms with Crippen molar-refractivity contribution in [3.05, 3.63) is 52.8 Å². The first-order chi connectivity index (χ1) is 18.1. The minimum absolute atomic E-state index is 0.0793. The molecule has 2 aliphatic rings. The van der Waals surface area contributed by atoms with Crippen LogP contribution in [-0.4, -0.2) is 93.8 Å². The van der Waals surface area contributed by atoms with Gasteiger partial charge in [-0.2, -0.15) is 18.3 Å². The summed E-state index contributed by atoms with van der Waals surface area (Å²) in [5.74, 6) is -2.37. The standard InChI is InChI=1S/C25H35N5O2.C2HF3O2/c1-18-9-19(2)11-21(10-18)23(31)30-8-6-7-25(24(32)27(3)4)17-29(15-22(25)16-30)14-20-12-26-28(5)13-20;3-2(4,5)1(6)7/h9-13,22H,6-8,14-17H2,1-5H3;(H,6,7)/t22-,25+;/m1./s1. The summed E-state index contributed by atoms with van der Waals surface area (Å²) in [6, 6.07) is 6.04. The predicted octanol–water partition coefficient (Wildman–Crippen LogP) is 3.11. The summed E-state index contributed by atoms with van der Waals surface area (Å²) in [5.41, 5.74) is 3.66. The number of carboxylic acids is 1. The van der Waals surface area contributed by atoms with Crippen LogP contribution in [0.1, 0.15) is 39.9 Å². The predicted molar refractivity (Wildman–Crippen MR) is 138 cm³/mol. The van der Waals surface area contributed by atoms with Crippen LogP contribution in [0.4, 0.5) is 13.2 Å². The number of hydrogen-bond donors (Lipinski definition) is 1. The van der Waals surface area contributed by atoms with E-state index in [9.17, 15) is 22.8 Å². The number of nitrogens with zero attached hydrogens (tertiary/aromatic N) is 5. The van der Waals surface area contributed by atoms with Crippen LogP contribution in [0.2, 0.25) is 0 Å². The summed E-state index contributed by atoms with van der Waals surface area (Å²) in [7, 11) is 5.62. The molecule has 0 bridgehead atoms. The van der Waals surface area contributed by atoms with E-state index >= 15 is 0 Å². The minimum Gasteiger partial charge on any atom is -0.475 e. The second kappa shape index (κ2) is 11.8. The fraction of sp³-hybridized carbons (Fsp3) is 0.556. The number of carboxylic acid groups (broad SMARTS) is 1. The van der Waals surface area contributed by atoms with Gasteiger partial charge < -0.3 is 14.9 Å². The fourth-order valence-corrected chi connectivity index (χ4v) is 5.73. The number of alkyl halides is 3. The van der Waals surface area contributed by atoms with Crippen molar-refractivity contribution in [2.24, 2.45) is 18.4 Å². The van der Waals surface area contributed by atoms with Gasteiger partial charge in [0.15, 0.2) is 0 Å². The number of carbonyl (C=O) groups excluding carboxylic acids is 2. The Balaban J connectivity index is 0.000000532. The molecule has 12 heteroatoms. The van der Waals surface area contributed by atoms with E-state index in [1.54, 1.807) is 4.90 Å². The molecule has 1 aromatic carbocycles. The molecule has 0 saturated carbocycles. The maximum Gasteiger partial charge on any atom is 0.490 e. The first kappa shape index (κ1) is 30.1. The van der Waals surface area contributed by atoms with Gasteiger partial charge in [0, 0.05) is 77.1 Å². The number of hydrogen-bond acceptors (Lipinski definition) is 5. The molecule has 39 heavy (non-hydrogen) atoms. The number of likely N-dealkylation sites (tertiary alicyclic amines) is 2. The molecule has 1 aromatic heterocycles. The van der Waals surface area contributed by atoms with Crippen LogP contribution < -0.4 is 0 Å². The van der Waals surface area contributed by atoms with E-state index in [1.807, 2.05) is 69.1 Å². The van der Waals surface area contributed by atoms with Gasteiger partial charge in [-0.05, 0) is 38.8 Å². The van der Waals surface area contributed by atoms with E-state index in [0.717, 1.165) is 54.7 Å². The normalized spacial score (nSPS) is 21.4. The molecule has 2 saturated heterocycles. The van der Waals surface area contributed by atoms with E-state index in [-0.39, 0.29) is 17.7 Å². The van der Waals surface area contributed by atoms with Crippen molar-refractivity contribution in [2.45, 2.75) is 39.4 Å². The highest BCUT2D eigenvalue weighted by molar-refractivity contribution is 5.95. The number of aromatic nitrogens is 2. The number of aryl methyl sites for hydroxylation is 3. The molecule has 2 amide bonds. The lowest BCUT2D eigenvalue weighted by Crippen LogP contribution is -2.47. The highest BCUT2D eigenvalue weighted by atomic mass is 19.4. The molecule has 2 fully saturated rings. The average molecular weight is 552 g/mol. The minimum atomic E-state index is -5.08. The molecular formula is C27H36F3N5O4. The van der Waals surface area contributed by atoms with Gasteiger partial charge in [-0.15, -0.1) is 0 Å². The Labute approximate surface area is 226 Å². The lowest BCUT2D eigenvalue weighted by Gasteiger charge is -2.35. The number of fused-ring (bicyclic) bond motifs is 1. The third-order valence-electron chi connectivity index (χ3n) is 7.25. The molecule has 0 unspecified atom stereocenters. The number of amides is 2. The Morgan fingerprint density at radius 3 is 2.26 bits per heavy atom. The third kappa shape index (κ3) is 7.17. The Bertz CT molecular complexity index is 1190. The second-order valence-corrected chi connectivity index (χ2v) is 10.8. The number of aliphatic carboxylic acids is 1. The highest BCUT2D eigenvalue weighted by Crippen LogP contribution is 2.44. The summed E-state index contributed by atoms with van der Waals surface area (Å²) in [6.45, 7) is 7.70. The van der Waals surface area contributed by atoms with Crippen LogP contribution in [0.5, 0.6) is 0 Å². The zero-order valence-electron chi connectivity index (χ0n) is 23.0. The fourth-order valence-electron chi connectivity index (χ4n) is 5.73. The van der Waals surface area contributed by atoms with E-state index in [4.69, 9.17) is 9.90 Å². The number of benzene rings is 1. The van der Waals surface area contributed by atoms with Gasteiger partial charge in [0.25, 0.3) is 5.91 Å². The topological polar surface area (TPSA) is 99.0 Å². The van der Waals surface area contributed by atoms with Crippen molar-refractivity contribution in [2.75, 3.05) is 40.3 Å². The van der Waals surface area contributed by atoms with Crippen molar-refractivity contribution in [1.82, 2.24) is 24.5 Å². The van der Waals surface area contributed by atoms with Crippen molar-refractivity contribution >= 4 is 17.8 Å². The number of halogens is 3. The van der Waals surface area contributed by atoms with E-state index in [1.165, 1.54) is 0 Å². The van der Waals surface area contributed by atoms with Crippen LogP contribution in [0.15, 0.2) is 30.6 Å². The lowest BCUT2D eigenvalue weighted by atomic mass is 9.74. The van der Waals surface area contributed by atoms with Gasteiger partial charge >= 0.3 is 12.1 Å². The van der Waals surface area contributed by atoms with Gasteiger partial charge in [0.05, 0.1) is 11.6 Å². The van der Waals surface area contributed by atoms with Crippen molar-refractivity contribution in [3.8, 4) is 0 Å². The maximum atomic E-state index is 13.5. The molecule has 3 heterocycles. The van der Waals surface area contributed by atoms with Gasteiger partial charge in [-0.1, -0.05) is 17.2 Å². The van der Waals surface area contributed by atoms with Crippen LogP contribution in [0, 0.1) is 25.2 Å². The Morgan fingerprint density at radius 2 is 1.74 bits per heavy atom. The van der Waals surface area contributed by atoms with Crippen LogP contribution >= 0.6 is 0 Å². The molecule has 2 aromatic rings.